The highest BCUT2D eigenvalue weighted by Crippen LogP contribution is 2.35. The molecule has 1 aliphatic carbocycles. The van der Waals surface area contributed by atoms with E-state index < -0.39 is 6.10 Å². The molecule has 1 saturated carbocycles. The molecule has 5 heteroatoms. The lowest BCUT2D eigenvalue weighted by atomic mass is 10.3. The number of aromatic nitrogens is 2. The van der Waals surface area contributed by atoms with Gasteiger partial charge in [0.2, 0.25) is 0 Å². The van der Waals surface area contributed by atoms with Crippen LogP contribution in [0.3, 0.4) is 0 Å². The number of imidazole rings is 1. The van der Waals surface area contributed by atoms with Crippen molar-refractivity contribution < 1.29 is 9.84 Å². The Morgan fingerprint density at radius 3 is 3.06 bits per heavy atom. The number of rotatable bonds is 7. The maximum absolute atomic E-state index is 9.65. The zero-order valence-electron chi connectivity index (χ0n) is 10.5. The average molecular weight is 239 g/mol. The van der Waals surface area contributed by atoms with Gasteiger partial charge in [0.1, 0.15) is 0 Å². The first-order valence-electron chi connectivity index (χ1n) is 6.07. The minimum atomic E-state index is -0.428. The van der Waals surface area contributed by atoms with Gasteiger partial charge in [0.05, 0.1) is 24.7 Å². The number of hydrogen-bond donors (Lipinski definition) is 1. The second-order valence-electron chi connectivity index (χ2n) is 4.83. The molecule has 1 heterocycles. The SMILES string of the molecule is COCC(O)CN(C)Cc1cncn1C1CC1. The predicted octanol–water partition coefficient (Wildman–Crippen LogP) is 0.657. The van der Waals surface area contributed by atoms with E-state index in [9.17, 15) is 5.11 Å². The molecular weight excluding hydrogens is 218 g/mol. The van der Waals surface area contributed by atoms with Crippen molar-refractivity contribution in [2.75, 3.05) is 27.3 Å². The quantitative estimate of drug-likeness (QED) is 0.759. The highest BCUT2D eigenvalue weighted by molar-refractivity contribution is 5.03. The Balaban J connectivity index is 1.84. The molecular formula is C12H21N3O2. The van der Waals surface area contributed by atoms with Crippen molar-refractivity contribution in [3.63, 3.8) is 0 Å². The standard InChI is InChI=1S/C12H21N3O2/c1-14(7-12(16)8-17-2)6-11-5-13-9-15(11)10-3-4-10/h5,9-10,12,16H,3-4,6-8H2,1-2H3. The highest BCUT2D eigenvalue weighted by Gasteiger charge is 2.25. The molecule has 1 aromatic heterocycles. The summed E-state index contributed by atoms with van der Waals surface area (Å²) in [6.45, 7) is 1.81. The normalized spacial score (nSPS) is 17.6. The van der Waals surface area contributed by atoms with Crippen molar-refractivity contribution in [3.8, 4) is 0 Å². The Morgan fingerprint density at radius 2 is 2.41 bits per heavy atom. The zero-order valence-corrected chi connectivity index (χ0v) is 10.5. The number of nitrogens with zero attached hydrogens (tertiary/aromatic N) is 3. The van der Waals surface area contributed by atoms with E-state index in [2.05, 4.69) is 14.5 Å². The van der Waals surface area contributed by atoms with Crippen molar-refractivity contribution in [1.29, 1.82) is 0 Å². The van der Waals surface area contributed by atoms with Crippen LogP contribution in [-0.2, 0) is 11.3 Å². The van der Waals surface area contributed by atoms with E-state index >= 15 is 0 Å². The molecule has 0 bridgehead atoms. The lowest BCUT2D eigenvalue weighted by molar-refractivity contribution is 0.0415. The third-order valence-electron chi connectivity index (χ3n) is 3.00. The number of methoxy groups -OCH3 is 1. The maximum atomic E-state index is 9.65. The molecule has 0 aliphatic heterocycles. The fraction of sp³-hybridized carbons (Fsp3) is 0.750. The van der Waals surface area contributed by atoms with Crippen molar-refractivity contribution in [2.24, 2.45) is 0 Å². The monoisotopic (exact) mass is 239 g/mol. The first-order valence-corrected chi connectivity index (χ1v) is 6.07. The largest absolute Gasteiger partial charge is 0.389 e. The highest BCUT2D eigenvalue weighted by atomic mass is 16.5. The van der Waals surface area contributed by atoms with E-state index in [1.807, 2.05) is 19.6 Å². The van der Waals surface area contributed by atoms with Gasteiger partial charge < -0.3 is 14.4 Å². The molecule has 1 atom stereocenters. The molecule has 0 aromatic carbocycles. The van der Waals surface area contributed by atoms with Crippen molar-refractivity contribution in [1.82, 2.24) is 14.5 Å². The smallest absolute Gasteiger partial charge is 0.0951 e. The van der Waals surface area contributed by atoms with Gasteiger partial charge in [-0.15, -0.1) is 0 Å². The van der Waals surface area contributed by atoms with E-state index in [4.69, 9.17) is 4.74 Å². The van der Waals surface area contributed by atoms with Crippen molar-refractivity contribution in [2.45, 2.75) is 31.5 Å². The summed E-state index contributed by atoms with van der Waals surface area (Å²) in [6.07, 6.45) is 5.92. The van der Waals surface area contributed by atoms with Crippen LogP contribution in [-0.4, -0.2) is 53.0 Å². The van der Waals surface area contributed by atoms with Gasteiger partial charge >= 0.3 is 0 Å². The molecule has 96 valence electrons. The third-order valence-corrected chi connectivity index (χ3v) is 3.00. The van der Waals surface area contributed by atoms with E-state index in [0.29, 0.717) is 19.2 Å². The van der Waals surface area contributed by atoms with Gasteiger partial charge in [0, 0.05) is 32.4 Å². The number of aliphatic hydroxyl groups is 1. The molecule has 0 spiro atoms. The van der Waals surface area contributed by atoms with Crippen LogP contribution >= 0.6 is 0 Å². The molecule has 1 fully saturated rings. The topological polar surface area (TPSA) is 50.5 Å². The van der Waals surface area contributed by atoms with Crippen LogP contribution in [0, 0.1) is 0 Å². The molecule has 0 saturated heterocycles. The van der Waals surface area contributed by atoms with Crippen LogP contribution in [0.4, 0.5) is 0 Å². The summed E-state index contributed by atoms with van der Waals surface area (Å²) < 4.78 is 7.17. The number of likely N-dealkylation sites (N-methyl/N-ethyl adjacent to an activating group) is 1. The molecule has 5 nitrogen and oxygen atoms in total. The van der Waals surface area contributed by atoms with Gasteiger partial charge in [0.25, 0.3) is 0 Å². The summed E-state index contributed by atoms with van der Waals surface area (Å²) in [5.74, 6) is 0. The van der Waals surface area contributed by atoms with Gasteiger partial charge in [-0.1, -0.05) is 0 Å². The molecule has 0 amide bonds. The lowest BCUT2D eigenvalue weighted by Crippen LogP contribution is -2.32. The lowest BCUT2D eigenvalue weighted by Gasteiger charge is -2.20. The molecule has 1 aromatic rings. The van der Waals surface area contributed by atoms with Gasteiger partial charge in [-0.25, -0.2) is 4.98 Å². The van der Waals surface area contributed by atoms with Gasteiger partial charge in [-0.2, -0.15) is 0 Å². The summed E-state index contributed by atoms with van der Waals surface area (Å²) in [7, 11) is 3.61. The predicted molar refractivity (Wildman–Crippen MR) is 64.7 cm³/mol. The summed E-state index contributed by atoms with van der Waals surface area (Å²) in [5, 5.41) is 9.65. The third kappa shape index (κ3) is 3.52. The zero-order chi connectivity index (χ0) is 12.3. The molecule has 1 unspecified atom stereocenters. The Kier molecular flexibility index (Phi) is 4.15. The first kappa shape index (κ1) is 12.5. The van der Waals surface area contributed by atoms with E-state index in [0.717, 1.165) is 6.54 Å². The maximum Gasteiger partial charge on any atom is 0.0951 e. The first-order chi connectivity index (χ1) is 8.20. The molecule has 0 radical (unpaired) electrons. The van der Waals surface area contributed by atoms with Crippen LogP contribution < -0.4 is 0 Å². The average Bonchev–Trinajstić information content (AvgIpc) is 3.00. The van der Waals surface area contributed by atoms with E-state index in [1.165, 1.54) is 18.5 Å². The second-order valence-corrected chi connectivity index (χ2v) is 4.83. The summed E-state index contributed by atoms with van der Waals surface area (Å²) in [6, 6.07) is 0.657. The summed E-state index contributed by atoms with van der Waals surface area (Å²) >= 11 is 0. The van der Waals surface area contributed by atoms with Crippen LogP contribution in [0.15, 0.2) is 12.5 Å². The van der Waals surface area contributed by atoms with Crippen molar-refractivity contribution >= 4 is 0 Å². The Bertz CT molecular complexity index is 349. The molecule has 1 N–H and O–H groups in total. The number of aliphatic hydroxyl groups excluding tert-OH is 1. The van der Waals surface area contributed by atoms with Gasteiger partial charge in [-0.3, -0.25) is 4.90 Å². The number of hydrogen-bond acceptors (Lipinski definition) is 4. The summed E-state index contributed by atoms with van der Waals surface area (Å²) in [4.78, 5) is 6.30. The van der Waals surface area contributed by atoms with Gasteiger partial charge in [-0.05, 0) is 19.9 Å². The minimum absolute atomic E-state index is 0.381. The molecule has 2 rings (SSSR count). The fourth-order valence-electron chi connectivity index (χ4n) is 2.08. The van der Waals surface area contributed by atoms with Crippen LogP contribution in [0.25, 0.3) is 0 Å². The van der Waals surface area contributed by atoms with Gasteiger partial charge in [0.15, 0.2) is 0 Å². The van der Waals surface area contributed by atoms with E-state index in [-0.39, 0.29) is 0 Å². The molecule has 17 heavy (non-hydrogen) atoms. The Labute approximate surface area is 102 Å². The van der Waals surface area contributed by atoms with Crippen LogP contribution in [0.1, 0.15) is 24.6 Å². The van der Waals surface area contributed by atoms with Crippen LogP contribution in [0.5, 0.6) is 0 Å². The summed E-state index contributed by atoms with van der Waals surface area (Å²) in [5.41, 5.74) is 1.22. The van der Waals surface area contributed by atoms with Crippen LogP contribution in [0.2, 0.25) is 0 Å². The second kappa shape index (κ2) is 5.62. The van der Waals surface area contributed by atoms with Crippen molar-refractivity contribution in [3.05, 3.63) is 18.2 Å². The van der Waals surface area contributed by atoms with E-state index in [1.54, 1.807) is 7.11 Å². The minimum Gasteiger partial charge on any atom is -0.389 e. The molecule has 1 aliphatic rings. The fourth-order valence-corrected chi connectivity index (χ4v) is 2.08. The Morgan fingerprint density at radius 1 is 1.65 bits per heavy atom. The Hall–Kier alpha value is -0.910. The number of ether oxygens (including phenoxy) is 1.